The van der Waals surface area contributed by atoms with E-state index in [0.29, 0.717) is 0 Å². The monoisotopic (exact) mass is 398 g/mol. The van der Waals surface area contributed by atoms with Gasteiger partial charge in [-0.2, -0.15) is 13.2 Å². The van der Waals surface area contributed by atoms with Crippen LogP contribution in [0, 0.1) is 0 Å². The van der Waals surface area contributed by atoms with Gasteiger partial charge in [0.05, 0.1) is 12.0 Å². The normalized spacial score (nSPS) is 11.6. The van der Waals surface area contributed by atoms with Gasteiger partial charge in [0.2, 0.25) is 5.91 Å². The van der Waals surface area contributed by atoms with Crippen LogP contribution in [0.15, 0.2) is 72.8 Å². The van der Waals surface area contributed by atoms with Crippen LogP contribution in [0.4, 0.5) is 13.2 Å². The van der Waals surface area contributed by atoms with E-state index in [4.69, 9.17) is 0 Å². The standard InChI is InChI=1S/C22H17F3N2O2/c23-22(24,25)18-9-3-5-15(13-18)11-12-20(28)26-27-21(29)14-17-8-4-7-16-6-1-2-10-19(16)17/h1-13H,14H2,(H,26,28)(H,27,29)/b12-11+. The average Bonchev–Trinajstić information content (AvgIpc) is 2.70. The molecule has 7 heteroatoms. The Kier molecular flexibility index (Phi) is 5.97. The quantitative estimate of drug-likeness (QED) is 0.510. The van der Waals surface area contributed by atoms with Crippen molar-refractivity contribution < 1.29 is 22.8 Å². The number of hydrogen-bond acceptors (Lipinski definition) is 2. The van der Waals surface area contributed by atoms with Gasteiger partial charge in [0, 0.05) is 6.08 Å². The van der Waals surface area contributed by atoms with E-state index in [1.165, 1.54) is 18.2 Å². The van der Waals surface area contributed by atoms with Crippen LogP contribution in [0.3, 0.4) is 0 Å². The Morgan fingerprint density at radius 3 is 2.41 bits per heavy atom. The molecular weight excluding hydrogens is 381 g/mol. The Hall–Kier alpha value is -3.61. The third-order valence-electron chi connectivity index (χ3n) is 4.20. The second-order valence-corrected chi connectivity index (χ2v) is 6.31. The van der Waals surface area contributed by atoms with E-state index in [2.05, 4.69) is 10.9 Å². The molecule has 0 aliphatic heterocycles. The fourth-order valence-electron chi connectivity index (χ4n) is 2.83. The van der Waals surface area contributed by atoms with Gasteiger partial charge >= 0.3 is 6.18 Å². The molecule has 0 atom stereocenters. The molecule has 0 heterocycles. The summed E-state index contributed by atoms with van der Waals surface area (Å²) in [5.41, 5.74) is 4.75. The molecule has 29 heavy (non-hydrogen) atoms. The van der Waals surface area contributed by atoms with E-state index in [9.17, 15) is 22.8 Å². The number of benzene rings is 3. The van der Waals surface area contributed by atoms with Gasteiger partial charge in [-0.1, -0.05) is 54.6 Å². The molecule has 148 valence electrons. The summed E-state index contributed by atoms with van der Waals surface area (Å²) in [7, 11) is 0. The van der Waals surface area contributed by atoms with Crippen LogP contribution in [0.25, 0.3) is 16.8 Å². The summed E-state index contributed by atoms with van der Waals surface area (Å²) in [6.07, 6.45) is -2.10. The van der Waals surface area contributed by atoms with Crippen molar-refractivity contribution in [3.8, 4) is 0 Å². The fourth-order valence-corrected chi connectivity index (χ4v) is 2.83. The van der Waals surface area contributed by atoms with Crippen LogP contribution in [0.5, 0.6) is 0 Å². The Balaban J connectivity index is 1.56. The fraction of sp³-hybridized carbons (Fsp3) is 0.0909. The van der Waals surface area contributed by atoms with Crippen molar-refractivity contribution in [2.75, 3.05) is 0 Å². The average molecular weight is 398 g/mol. The smallest absolute Gasteiger partial charge is 0.273 e. The van der Waals surface area contributed by atoms with Crippen molar-refractivity contribution in [3.63, 3.8) is 0 Å². The van der Waals surface area contributed by atoms with Gasteiger partial charge in [0.25, 0.3) is 5.91 Å². The zero-order valence-corrected chi connectivity index (χ0v) is 15.2. The molecular formula is C22H17F3N2O2. The highest BCUT2D eigenvalue weighted by Gasteiger charge is 2.30. The molecule has 0 aliphatic carbocycles. The number of hydrazine groups is 1. The highest BCUT2D eigenvalue weighted by Crippen LogP contribution is 2.29. The summed E-state index contributed by atoms with van der Waals surface area (Å²) in [5.74, 6) is -1.07. The molecule has 0 bridgehead atoms. The van der Waals surface area contributed by atoms with Gasteiger partial charge in [-0.15, -0.1) is 0 Å². The van der Waals surface area contributed by atoms with Crippen LogP contribution < -0.4 is 10.9 Å². The van der Waals surface area contributed by atoms with Gasteiger partial charge in [-0.25, -0.2) is 0 Å². The summed E-state index contributed by atoms with van der Waals surface area (Å²) in [6, 6.07) is 17.8. The molecule has 0 aromatic heterocycles. The molecule has 0 spiro atoms. The number of carbonyl (C=O) groups is 2. The lowest BCUT2D eigenvalue weighted by molar-refractivity contribution is -0.137. The Morgan fingerprint density at radius 1 is 0.897 bits per heavy atom. The first-order chi connectivity index (χ1) is 13.8. The first kappa shape index (κ1) is 20.1. The van der Waals surface area contributed by atoms with E-state index >= 15 is 0 Å². The second kappa shape index (κ2) is 8.60. The van der Waals surface area contributed by atoms with Crippen molar-refractivity contribution in [2.45, 2.75) is 12.6 Å². The van der Waals surface area contributed by atoms with Crippen LogP contribution in [0.2, 0.25) is 0 Å². The Morgan fingerprint density at radius 2 is 1.62 bits per heavy atom. The van der Waals surface area contributed by atoms with E-state index in [-0.39, 0.29) is 12.0 Å². The number of alkyl halides is 3. The molecule has 2 N–H and O–H groups in total. The number of amides is 2. The number of fused-ring (bicyclic) bond motifs is 1. The van der Waals surface area contributed by atoms with Crippen LogP contribution in [-0.4, -0.2) is 11.8 Å². The van der Waals surface area contributed by atoms with Crippen LogP contribution in [0.1, 0.15) is 16.7 Å². The number of carbonyl (C=O) groups excluding carboxylic acids is 2. The van der Waals surface area contributed by atoms with Crippen molar-refractivity contribution in [3.05, 3.63) is 89.5 Å². The van der Waals surface area contributed by atoms with Crippen molar-refractivity contribution in [2.24, 2.45) is 0 Å². The van der Waals surface area contributed by atoms with E-state index in [1.807, 2.05) is 42.5 Å². The molecule has 0 saturated heterocycles. The molecule has 3 rings (SSSR count). The van der Waals surface area contributed by atoms with Crippen molar-refractivity contribution in [1.29, 1.82) is 0 Å². The summed E-state index contributed by atoms with van der Waals surface area (Å²) in [4.78, 5) is 23.9. The maximum Gasteiger partial charge on any atom is 0.416 e. The number of hydrogen-bond donors (Lipinski definition) is 2. The van der Waals surface area contributed by atoms with Crippen LogP contribution >= 0.6 is 0 Å². The topological polar surface area (TPSA) is 58.2 Å². The zero-order chi connectivity index (χ0) is 20.9. The van der Waals surface area contributed by atoms with Gasteiger partial charge in [0.15, 0.2) is 0 Å². The maximum atomic E-state index is 12.7. The minimum absolute atomic E-state index is 0.0684. The maximum absolute atomic E-state index is 12.7. The lowest BCUT2D eigenvalue weighted by atomic mass is 10.0. The first-order valence-electron chi connectivity index (χ1n) is 8.74. The highest BCUT2D eigenvalue weighted by molar-refractivity contribution is 5.94. The van der Waals surface area contributed by atoms with Gasteiger partial charge in [-0.3, -0.25) is 20.4 Å². The largest absolute Gasteiger partial charge is 0.416 e. The summed E-state index contributed by atoms with van der Waals surface area (Å²) in [6.45, 7) is 0. The molecule has 0 aliphatic rings. The highest BCUT2D eigenvalue weighted by atomic mass is 19.4. The zero-order valence-electron chi connectivity index (χ0n) is 15.2. The molecule has 4 nitrogen and oxygen atoms in total. The predicted molar refractivity (Wildman–Crippen MR) is 104 cm³/mol. The van der Waals surface area contributed by atoms with Gasteiger partial charge in [-0.05, 0) is 40.1 Å². The summed E-state index contributed by atoms with van der Waals surface area (Å²) < 4.78 is 38.1. The van der Waals surface area contributed by atoms with Gasteiger partial charge in [0.1, 0.15) is 0 Å². The molecule has 0 saturated carbocycles. The molecule has 0 radical (unpaired) electrons. The minimum Gasteiger partial charge on any atom is -0.273 e. The SMILES string of the molecule is O=C(/C=C/c1cccc(C(F)(F)F)c1)NNC(=O)Cc1cccc2ccccc12. The first-order valence-corrected chi connectivity index (χ1v) is 8.74. The molecule has 2 amide bonds. The number of rotatable bonds is 4. The number of nitrogens with one attached hydrogen (secondary N) is 2. The van der Waals surface area contributed by atoms with E-state index in [1.54, 1.807) is 0 Å². The molecule has 3 aromatic carbocycles. The Labute approximate surface area is 165 Å². The minimum atomic E-state index is -4.46. The van der Waals surface area contributed by atoms with Crippen molar-refractivity contribution in [1.82, 2.24) is 10.9 Å². The predicted octanol–water partition coefficient (Wildman–Crippen LogP) is 4.26. The molecule has 0 unspecified atom stereocenters. The van der Waals surface area contributed by atoms with E-state index in [0.717, 1.165) is 34.5 Å². The van der Waals surface area contributed by atoms with Crippen LogP contribution in [-0.2, 0) is 22.2 Å². The third-order valence-corrected chi connectivity index (χ3v) is 4.20. The Bertz CT molecular complexity index is 1070. The lowest BCUT2D eigenvalue weighted by Crippen LogP contribution is -2.41. The van der Waals surface area contributed by atoms with Crippen molar-refractivity contribution >= 4 is 28.7 Å². The lowest BCUT2D eigenvalue weighted by Gasteiger charge is -2.08. The number of halogens is 3. The second-order valence-electron chi connectivity index (χ2n) is 6.31. The third kappa shape index (κ3) is 5.44. The summed E-state index contributed by atoms with van der Waals surface area (Å²) in [5, 5.41) is 1.95. The van der Waals surface area contributed by atoms with E-state index < -0.39 is 23.6 Å². The molecule has 3 aromatic rings. The van der Waals surface area contributed by atoms with Gasteiger partial charge < -0.3 is 0 Å². The molecule has 0 fully saturated rings. The summed E-state index contributed by atoms with van der Waals surface area (Å²) >= 11 is 0.